The van der Waals surface area contributed by atoms with Crippen LogP contribution < -0.4 is 5.73 Å². The van der Waals surface area contributed by atoms with E-state index in [1.807, 2.05) is 0 Å². The molecule has 3 nitrogen and oxygen atoms in total. The van der Waals surface area contributed by atoms with Crippen molar-refractivity contribution in [3.05, 3.63) is 35.4 Å². The van der Waals surface area contributed by atoms with Gasteiger partial charge in [0, 0.05) is 18.5 Å². The predicted octanol–water partition coefficient (Wildman–Crippen LogP) is 3.56. The van der Waals surface area contributed by atoms with Crippen LogP contribution in [0.25, 0.3) is 0 Å². The van der Waals surface area contributed by atoms with Gasteiger partial charge in [-0.1, -0.05) is 31.2 Å². The Hall–Kier alpha value is -0.780. The van der Waals surface area contributed by atoms with Crippen molar-refractivity contribution >= 4 is 29.9 Å². The van der Waals surface area contributed by atoms with Crippen LogP contribution in [0.1, 0.15) is 44.7 Å². The maximum Gasteiger partial charge on any atom is 0.191 e. The van der Waals surface area contributed by atoms with Gasteiger partial charge in [-0.15, -0.1) is 24.0 Å². The van der Waals surface area contributed by atoms with E-state index in [0.29, 0.717) is 5.96 Å². The lowest BCUT2D eigenvalue weighted by Crippen LogP contribution is -2.39. The standard InChI is InChI=1S/C17H27N3.HI/c1-4-20(5-2)16(18)19-13-17(3)12-8-10-14-9-6-7-11-15(14)17;/h6-7,9,11H,4-5,8,10,12-13H2,1-3H3,(H2,18,19);1H. The van der Waals surface area contributed by atoms with E-state index >= 15 is 0 Å². The summed E-state index contributed by atoms with van der Waals surface area (Å²) in [5.41, 5.74) is 9.19. The summed E-state index contributed by atoms with van der Waals surface area (Å²) < 4.78 is 0. The number of guanidine groups is 1. The lowest BCUT2D eigenvalue weighted by atomic mass is 9.71. The van der Waals surface area contributed by atoms with Crippen molar-refractivity contribution in [2.24, 2.45) is 10.7 Å². The molecular formula is C17H28IN3. The Kier molecular flexibility index (Phi) is 6.97. The van der Waals surface area contributed by atoms with E-state index in [1.165, 1.54) is 30.4 Å². The molecule has 21 heavy (non-hydrogen) atoms. The predicted molar refractivity (Wildman–Crippen MR) is 102 cm³/mol. The van der Waals surface area contributed by atoms with Gasteiger partial charge in [-0.05, 0) is 44.2 Å². The molecule has 1 aromatic carbocycles. The first-order chi connectivity index (χ1) is 9.60. The molecule has 0 heterocycles. The van der Waals surface area contributed by atoms with Crippen molar-refractivity contribution in [1.82, 2.24) is 4.90 Å². The van der Waals surface area contributed by atoms with Gasteiger partial charge >= 0.3 is 0 Å². The minimum atomic E-state index is 0. The number of hydrogen-bond acceptors (Lipinski definition) is 1. The van der Waals surface area contributed by atoms with Crippen LogP contribution >= 0.6 is 24.0 Å². The lowest BCUT2D eigenvalue weighted by molar-refractivity contribution is 0.397. The highest BCUT2D eigenvalue weighted by atomic mass is 127. The topological polar surface area (TPSA) is 41.6 Å². The van der Waals surface area contributed by atoms with E-state index in [2.05, 4.69) is 54.9 Å². The average molecular weight is 401 g/mol. The maximum absolute atomic E-state index is 6.11. The van der Waals surface area contributed by atoms with E-state index in [9.17, 15) is 0 Å². The van der Waals surface area contributed by atoms with Crippen LogP contribution in [0.15, 0.2) is 29.3 Å². The summed E-state index contributed by atoms with van der Waals surface area (Å²) >= 11 is 0. The Morgan fingerprint density at radius 3 is 2.62 bits per heavy atom. The lowest BCUT2D eigenvalue weighted by Gasteiger charge is -2.35. The van der Waals surface area contributed by atoms with E-state index in [0.717, 1.165) is 19.6 Å². The zero-order valence-electron chi connectivity index (χ0n) is 13.4. The molecular weight excluding hydrogens is 373 g/mol. The zero-order valence-corrected chi connectivity index (χ0v) is 15.8. The van der Waals surface area contributed by atoms with Crippen LogP contribution in [0.2, 0.25) is 0 Å². The van der Waals surface area contributed by atoms with Crippen LogP contribution in [-0.2, 0) is 11.8 Å². The van der Waals surface area contributed by atoms with Crippen molar-refractivity contribution < 1.29 is 0 Å². The zero-order chi connectivity index (χ0) is 14.6. The number of rotatable bonds is 4. The van der Waals surface area contributed by atoms with Gasteiger partial charge < -0.3 is 10.6 Å². The first-order valence-corrected chi connectivity index (χ1v) is 7.74. The molecule has 2 rings (SSSR count). The summed E-state index contributed by atoms with van der Waals surface area (Å²) in [7, 11) is 0. The molecule has 1 aromatic rings. The van der Waals surface area contributed by atoms with E-state index in [4.69, 9.17) is 5.73 Å². The normalized spacial score (nSPS) is 21.4. The number of halogens is 1. The summed E-state index contributed by atoms with van der Waals surface area (Å²) in [6.45, 7) is 9.17. The summed E-state index contributed by atoms with van der Waals surface area (Å²) in [4.78, 5) is 6.79. The number of aryl methyl sites for hydroxylation is 1. The molecule has 1 aliphatic carbocycles. The number of benzene rings is 1. The molecule has 0 amide bonds. The van der Waals surface area contributed by atoms with Gasteiger partial charge in [0.2, 0.25) is 0 Å². The molecule has 0 radical (unpaired) electrons. The van der Waals surface area contributed by atoms with Gasteiger partial charge in [0.25, 0.3) is 0 Å². The van der Waals surface area contributed by atoms with Gasteiger partial charge in [0.15, 0.2) is 5.96 Å². The highest BCUT2D eigenvalue weighted by molar-refractivity contribution is 14.0. The summed E-state index contributed by atoms with van der Waals surface area (Å²) in [5.74, 6) is 0.680. The van der Waals surface area contributed by atoms with Gasteiger partial charge in [-0.25, -0.2) is 0 Å². The Balaban J connectivity index is 0.00000220. The fourth-order valence-electron chi connectivity index (χ4n) is 3.20. The van der Waals surface area contributed by atoms with E-state index < -0.39 is 0 Å². The number of fused-ring (bicyclic) bond motifs is 1. The maximum atomic E-state index is 6.11. The third-order valence-electron chi connectivity index (χ3n) is 4.52. The van der Waals surface area contributed by atoms with E-state index in [-0.39, 0.29) is 29.4 Å². The van der Waals surface area contributed by atoms with Crippen molar-refractivity contribution in [3.63, 3.8) is 0 Å². The average Bonchev–Trinajstić information content (AvgIpc) is 2.47. The highest BCUT2D eigenvalue weighted by Gasteiger charge is 2.31. The molecule has 0 aromatic heterocycles. The molecule has 1 unspecified atom stereocenters. The largest absolute Gasteiger partial charge is 0.370 e. The van der Waals surface area contributed by atoms with E-state index in [1.54, 1.807) is 0 Å². The van der Waals surface area contributed by atoms with Crippen LogP contribution in [0.4, 0.5) is 0 Å². The third-order valence-corrected chi connectivity index (χ3v) is 4.52. The van der Waals surface area contributed by atoms with Crippen LogP contribution in [0.3, 0.4) is 0 Å². The summed E-state index contributed by atoms with van der Waals surface area (Å²) in [6.07, 6.45) is 3.63. The van der Waals surface area contributed by atoms with Crippen molar-refractivity contribution in [2.75, 3.05) is 19.6 Å². The number of nitrogens with two attached hydrogens (primary N) is 1. The molecule has 0 saturated carbocycles. The minimum absolute atomic E-state index is 0. The molecule has 1 atom stereocenters. The Morgan fingerprint density at radius 2 is 1.95 bits per heavy atom. The Bertz CT molecular complexity index is 483. The smallest absolute Gasteiger partial charge is 0.191 e. The quantitative estimate of drug-likeness (QED) is 0.476. The molecule has 4 heteroatoms. The number of aliphatic imine (C=N–C) groups is 1. The first kappa shape index (κ1) is 18.3. The second-order valence-electron chi connectivity index (χ2n) is 5.92. The highest BCUT2D eigenvalue weighted by Crippen LogP contribution is 2.37. The molecule has 0 aliphatic heterocycles. The minimum Gasteiger partial charge on any atom is -0.370 e. The second kappa shape index (κ2) is 8.01. The third kappa shape index (κ3) is 4.11. The van der Waals surface area contributed by atoms with Gasteiger partial charge in [0.05, 0.1) is 6.54 Å². The summed E-state index contributed by atoms with van der Waals surface area (Å²) in [6, 6.07) is 8.79. The molecule has 0 spiro atoms. The van der Waals surface area contributed by atoms with Gasteiger partial charge in [-0.2, -0.15) is 0 Å². The molecule has 118 valence electrons. The van der Waals surface area contributed by atoms with Crippen LogP contribution in [0, 0.1) is 0 Å². The number of nitrogens with zero attached hydrogens (tertiary/aromatic N) is 2. The second-order valence-corrected chi connectivity index (χ2v) is 5.92. The van der Waals surface area contributed by atoms with Crippen LogP contribution in [-0.4, -0.2) is 30.5 Å². The van der Waals surface area contributed by atoms with Gasteiger partial charge in [-0.3, -0.25) is 4.99 Å². The molecule has 0 fully saturated rings. The SMILES string of the molecule is CCN(CC)C(N)=NCC1(C)CCCc2ccccc21.I. The fraction of sp³-hybridized carbons (Fsp3) is 0.588. The van der Waals surface area contributed by atoms with Crippen LogP contribution in [0.5, 0.6) is 0 Å². The Labute approximate surface area is 146 Å². The van der Waals surface area contributed by atoms with Crippen molar-refractivity contribution in [3.8, 4) is 0 Å². The van der Waals surface area contributed by atoms with Crippen molar-refractivity contribution in [1.29, 1.82) is 0 Å². The number of hydrogen-bond donors (Lipinski definition) is 1. The monoisotopic (exact) mass is 401 g/mol. The Morgan fingerprint density at radius 1 is 1.29 bits per heavy atom. The van der Waals surface area contributed by atoms with Crippen molar-refractivity contribution in [2.45, 2.75) is 45.4 Å². The fourth-order valence-corrected chi connectivity index (χ4v) is 3.20. The molecule has 0 saturated heterocycles. The summed E-state index contributed by atoms with van der Waals surface area (Å²) in [5, 5.41) is 0. The molecule has 1 aliphatic rings. The first-order valence-electron chi connectivity index (χ1n) is 7.74. The molecule has 2 N–H and O–H groups in total. The van der Waals surface area contributed by atoms with Gasteiger partial charge in [0.1, 0.15) is 0 Å². The molecule has 0 bridgehead atoms.